The predicted octanol–water partition coefficient (Wildman–Crippen LogP) is 3.55. The van der Waals surface area contributed by atoms with Crippen molar-refractivity contribution in [3.63, 3.8) is 0 Å². The van der Waals surface area contributed by atoms with Crippen molar-refractivity contribution >= 4 is 22.8 Å². The molecule has 0 bridgehead atoms. The summed E-state index contributed by atoms with van der Waals surface area (Å²) in [5.74, 6) is 1.15. The maximum Gasteiger partial charge on any atom is 0.254 e. The molecule has 4 aromatic rings. The first-order valence-electron chi connectivity index (χ1n) is 12.3. The van der Waals surface area contributed by atoms with Crippen molar-refractivity contribution in [1.82, 2.24) is 34.5 Å². The van der Waals surface area contributed by atoms with Gasteiger partial charge in [0.25, 0.3) is 5.91 Å². The van der Waals surface area contributed by atoms with Crippen LogP contribution in [0.15, 0.2) is 48.8 Å². The fraction of sp³-hybridized carbons (Fsp3) is 0.370. The van der Waals surface area contributed by atoms with E-state index in [4.69, 9.17) is 0 Å². The third-order valence-corrected chi connectivity index (χ3v) is 7.06. The Kier molecular flexibility index (Phi) is 6.65. The molecule has 1 saturated heterocycles. The number of carbonyl (C=O) groups excluding carboxylic acids is 1. The molecule has 0 atom stereocenters. The molecule has 0 radical (unpaired) electrons. The third-order valence-electron chi connectivity index (χ3n) is 7.06. The first-order valence-corrected chi connectivity index (χ1v) is 12.3. The lowest BCUT2D eigenvalue weighted by atomic mass is 9.92. The van der Waals surface area contributed by atoms with Crippen LogP contribution in [0.1, 0.15) is 40.5 Å². The van der Waals surface area contributed by atoms with Crippen LogP contribution in [-0.4, -0.2) is 74.7 Å². The molecule has 1 amide bonds. The molecule has 1 aliphatic rings. The lowest BCUT2D eigenvalue weighted by molar-refractivity contribution is 0.0827. The van der Waals surface area contributed by atoms with E-state index < -0.39 is 0 Å². The van der Waals surface area contributed by atoms with Crippen LogP contribution in [0.4, 0.5) is 5.82 Å². The van der Waals surface area contributed by atoms with Gasteiger partial charge >= 0.3 is 0 Å². The second kappa shape index (κ2) is 10.0. The summed E-state index contributed by atoms with van der Waals surface area (Å²) >= 11 is 0. The molecule has 1 fully saturated rings. The minimum Gasteiger partial charge on any atom is -0.372 e. The minimum absolute atomic E-state index is 0.0153. The molecular weight excluding hydrogens is 452 g/mol. The number of hydrogen-bond donors (Lipinski definition) is 1. The largest absolute Gasteiger partial charge is 0.372 e. The maximum atomic E-state index is 12.1. The second-order valence-electron chi connectivity index (χ2n) is 9.57. The van der Waals surface area contributed by atoms with Crippen molar-refractivity contribution in [2.45, 2.75) is 25.3 Å². The second-order valence-corrected chi connectivity index (χ2v) is 9.57. The number of nitrogens with one attached hydrogen (secondary N) is 1. The van der Waals surface area contributed by atoms with Crippen LogP contribution < -0.4 is 5.32 Å². The Labute approximate surface area is 211 Å². The number of nitrogens with zero attached hydrogens (tertiary/aromatic N) is 7. The Morgan fingerprint density at radius 3 is 2.53 bits per heavy atom. The zero-order valence-corrected chi connectivity index (χ0v) is 21.3. The molecule has 0 aliphatic carbocycles. The van der Waals surface area contributed by atoms with Crippen LogP contribution in [0, 0.1) is 0 Å². The standard InChI is InChI=1S/C27H32N8O/c1-28-25-8-7-24(31-32-25)21-9-12-29-26-22(21)15-20(34(26)4)17-35-13-10-18(11-14-35)23-6-5-19(16-30-23)27(36)33(2)3/h5-9,12,15-16,18H,10-11,13-14,17H2,1-4H3,(H,28,32). The summed E-state index contributed by atoms with van der Waals surface area (Å²) in [6.07, 6.45) is 5.65. The number of pyridine rings is 2. The smallest absolute Gasteiger partial charge is 0.254 e. The van der Waals surface area contributed by atoms with E-state index in [2.05, 4.69) is 48.1 Å². The number of rotatable bonds is 6. The van der Waals surface area contributed by atoms with Crippen LogP contribution >= 0.6 is 0 Å². The van der Waals surface area contributed by atoms with E-state index in [0.717, 1.165) is 66.3 Å². The molecule has 36 heavy (non-hydrogen) atoms. The summed E-state index contributed by atoms with van der Waals surface area (Å²) in [7, 11) is 7.43. The highest BCUT2D eigenvalue weighted by molar-refractivity contribution is 5.93. The zero-order chi connectivity index (χ0) is 25.2. The van der Waals surface area contributed by atoms with Crippen molar-refractivity contribution < 1.29 is 4.79 Å². The number of hydrogen-bond acceptors (Lipinski definition) is 7. The lowest BCUT2D eigenvalue weighted by Gasteiger charge is -2.31. The molecule has 0 saturated carbocycles. The molecule has 9 heteroatoms. The van der Waals surface area contributed by atoms with Crippen LogP contribution in [0.2, 0.25) is 0 Å². The maximum absolute atomic E-state index is 12.1. The summed E-state index contributed by atoms with van der Waals surface area (Å²) in [5, 5.41) is 12.7. The molecule has 5 heterocycles. The van der Waals surface area contributed by atoms with E-state index >= 15 is 0 Å². The Hall–Kier alpha value is -3.85. The predicted molar refractivity (Wildman–Crippen MR) is 141 cm³/mol. The summed E-state index contributed by atoms with van der Waals surface area (Å²) in [6.45, 7) is 2.88. The Bertz CT molecular complexity index is 1350. The highest BCUT2D eigenvalue weighted by Crippen LogP contribution is 2.31. The lowest BCUT2D eigenvalue weighted by Crippen LogP contribution is -2.33. The first kappa shape index (κ1) is 23.9. The highest BCUT2D eigenvalue weighted by Gasteiger charge is 2.23. The van der Waals surface area contributed by atoms with E-state index in [-0.39, 0.29) is 5.91 Å². The van der Waals surface area contributed by atoms with Gasteiger partial charge in [0.05, 0.1) is 11.3 Å². The van der Waals surface area contributed by atoms with Gasteiger partial charge in [-0.15, -0.1) is 10.2 Å². The number of piperidine rings is 1. The Morgan fingerprint density at radius 1 is 1.08 bits per heavy atom. The molecule has 9 nitrogen and oxygen atoms in total. The topological polar surface area (TPSA) is 92.1 Å². The van der Waals surface area contributed by atoms with Gasteiger partial charge in [-0.3, -0.25) is 14.7 Å². The normalized spacial score (nSPS) is 14.8. The fourth-order valence-electron chi connectivity index (χ4n) is 4.90. The van der Waals surface area contributed by atoms with Crippen molar-refractivity contribution in [1.29, 1.82) is 0 Å². The number of amides is 1. The number of fused-ring (bicyclic) bond motifs is 1. The highest BCUT2D eigenvalue weighted by atomic mass is 16.2. The van der Waals surface area contributed by atoms with Crippen LogP contribution in [0.5, 0.6) is 0 Å². The quantitative estimate of drug-likeness (QED) is 0.447. The fourth-order valence-corrected chi connectivity index (χ4v) is 4.90. The average Bonchev–Trinajstić information content (AvgIpc) is 3.24. The van der Waals surface area contributed by atoms with Gasteiger partial charge in [-0.25, -0.2) is 4.98 Å². The van der Waals surface area contributed by atoms with Gasteiger partial charge in [0.2, 0.25) is 0 Å². The molecule has 0 spiro atoms. The van der Waals surface area contributed by atoms with Gasteiger partial charge in [-0.1, -0.05) is 0 Å². The van der Waals surface area contributed by atoms with Crippen LogP contribution in [-0.2, 0) is 13.6 Å². The number of aryl methyl sites for hydroxylation is 1. The van der Waals surface area contributed by atoms with Crippen molar-refractivity contribution in [2.24, 2.45) is 7.05 Å². The van der Waals surface area contributed by atoms with Gasteiger partial charge in [-0.2, -0.15) is 0 Å². The van der Waals surface area contributed by atoms with Gasteiger partial charge in [-0.05, 0) is 62.3 Å². The Morgan fingerprint density at radius 2 is 1.89 bits per heavy atom. The zero-order valence-electron chi connectivity index (χ0n) is 21.3. The molecule has 186 valence electrons. The number of carbonyl (C=O) groups is 1. The Balaban J connectivity index is 1.28. The van der Waals surface area contributed by atoms with Crippen LogP contribution in [0.3, 0.4) is 0 Å². The van der Waals surface area contributed by atoms with E-state index in [1.54, 1.807) is 25.2 Å². The SMILES string of the molecule is CNc1ccc(-c2ccnc3c2cc(CN2CCC(c4ccc(C(=O)N(C)C)cn4)CC2)n3C)nn1. The average molecular weight is 485 g/mol. The van der Waals surface area contributed by atoms with Crippen molar-refractivity contribution in [2.75, 3.05) is 39.5 Å². The van der Waals surface area contributed by atoms with Crippen LogP contribution in [0.25, 0.3) is 22.3 Å². The van der Waals surface area contributed by atoms with E-state index in [1.165, 1.54) is 5.69 Å². The molecular formula is C27H32N8O. The molecule has 0 unspecified atom stereocenters. The van der Waals surface area contributed by atoms with Crippen molar-refractivity contribution in [3.8, 4) is 11.3 Å². The number of aromatic nitrogens is 5. The molecule has 1 N–H and O–H groups in total. The minimum atomic E-state index is -0.0153. The van der Waals surface area contributed by atoms with Gasteiger partial charge in [0.1, 0.15) is 11.5 Å². The first-order chi connectivity index (χ1) is 17.4. The molecule has 1 aliphatic heterocycles. The third kappa shape index (κ3) is 4.66. The molecule has 5 rings (SSSR count). The monoisotopic (exact) mass is 484 g/mol. The molecule has 0 aromatic carbocycles. The van der Waals surface area contributed by atoms with E-state index in [9.17, 15) is 4.79 Å². The summed E-state index contributed by atoms with van der Waals surface area (Å²) in [4.78, 5) is 25.5. The van der Waals surface area contributed by atoms with E-state index in [1.807, 2.05) is 43.6 Å². The van der Waals surface area contributed by atoms with E-state index in [0.29, 0.717) is 11.5 Å². The van der Waals surface area contributed by atoms with Gasteiger partial charge < -0.3 is 14.8 Å². The summed E-state index contributed by atoms with van der Waals surface area (Å²) < 4.78 is 2.18. The number of anilines is 1. The summed E-state index contributed by atoms with van der Waals surface area (Å²) in [6, 6.07) is 12.1. The van der Waals surface area contributed by atoms with Gasteiger partial charge in [0.15, 0.2) is 0 Å². The summed E-state index contributed by atoms with van der Waals surface area (Å²) in [5.41, 5.74) is 5.77. The molecule has 4 aromatic heterocycles. The van der Waals surface area contributed by atoms with Gasteiger partial charge in [0, 0.05) is 75.4 Å². The van der Waals surface area contributed by atoms with Crippen molar-refractivity contribution in [3.05, 3.63) is 65.7 Å². The number of likely N-dealkylation sites (tertiary alicyclic amines) is 1.